The second kappa shape index (κ2) is 5.58. The number of amides is 2. The number of nitrogens with zero attached hydrogens (tertiary/aromatic N) is 1. The molecule has 1 heterocycles. The van der Waals surface area contributed by atoms with Crippen LogP contribution in [0.25, 0.3) is 10.8 Å². The number of carbonyl (C=O) groups excluding carboxylic acids is 1. The van der Waals surface area contributed by atoms with Gasteiger partial charge in [0, 0.05) is 11.5 Å². The first-order valence-corrected chi connectivity index (χ1v) is 6.39. The van der Waals surface area contributed by atoms with E-state index in [0.717, 1.165) is 17.0 Å². The number of hydrogen-bond acceptors (Lipinski definition) is 2. The van der Waals surface area contributed by atoms with Crippen LogP contribution in [-0.4, -0.2) is 11.0 Å². The number of hydrogen-bond donors (Lipinski definition) is 2. The Labute approximate surface area is 120 Å². The van der Waals surface area contributed by atoms with Gasteiger partial charge in [-0.1, -0.05) is 36.4 Å². The number of anilines is 2. The molecule has 3 aromatic rings. The number of urea groups is 1. The molecule has 0 unspecified atom stereocenters. The molecule has 0 saturated heterocycles. The van der Waals surface area contributed by atoms with Gasteiger partial charge in [0.25, 0.3) is 0 Å². The zero-order valence-electron chi connectivity index (χ0n) is 11.0. The van der Waals surface area contributed by atoms with E-state index in [1.54, 1.807) is 0 Å². The second-order valence-electron chi connectivity index (χ2n) is 4.50. The summed E-state index contributed by atoms with van der Waals surface area (Å²) >= 11 is 0. The van der Waals surface area contributed by atoms with E-state index in [4.69, 9.17) is 0 Å². The summed E-state index contributed by atoms with van der Waals surface area (Å²) in [7, 11) is 0. The van der Waals surface area contributed by atoms with E-state index in [0.29, 0.717) is 11.4 Å². The van der Waals surface area contributed by atoms with Gasteiger partial charge in [-0.15, -0.1) is 0 Å². The van der Waals surface area contributed by atoms with Gasteiger partial charge >= 0.3 is 6.03 Å². The van der Waals surface area contributed by atoms with Gasteiger partial charge in [-0.3, -0.25) is 4.98 Å². The minimum absolute atomic E-state index is 0.299. The molecule has 3 rings (SSSR count). The van der Waals surface area contributed by atoms with Crippen LogP contribution in [0.15, 0.2) is 60.9 Å². The molecule has 0 aliphatic rings. The van der Waals surface area contributed by atoms with E-state index in [-0.39, 0.29) is 0 Å². The first-order chi connectivity index (χ1) is 10.2. The molecule has 1 aromatic heterocycles. The topological polar surface area (TPSA) is 54.0 Å². The summed E-state index contributed by atoms with van der Waals surface area (Å²) in [5.74, 6) is -0.502. The van der Waals surface area contributed by atoms with Crippen molar-refractivity contribution < 1.29 is 9.18 Å². The lowest BCUT2D eigenvalue weighted by Gasteiger charge is -2.10. The Hall–Kier alpha value is -2.95. The van der Waals surface area contributed by atoms with Gasteiger partial charge in [-0.2, -0.15) is 0 Å². The fraction of sp³-hybridized carbons (Fsp3) is 0. The monoisotopic (exact) mass is 281 g/mol. The van der Waals surface area contributed by atoms with Crippen molar-refractivity contribution in [3.8, 4) is 0 Å². The molecule has 2 amide bonds. The third-order valence-corrected chi connectivity index (χ3v) is 3.00. The first kappa shape index (κ1) is 13.1. The maximum absolute atomic E-state index is 13.0. The van der Waals surface area contributed by atoms with Gasteiger partial charge in [0.1, 0.15) is 5.82 Å². The average Bonchev–Trinajstić information content (AvgIpc) is 2.47. The Kier molecular flexibility index (Phi) is 3.47. The SMILES string of the molecule is O=C(Nc1cncc(F)c1)Nc1cccc2ccccc12. The number of nitrogens with one attached hydrogen (secondary N) is 2. The van der Waals surface area contributed by atoms with E-state index in [2.05, 4.69) is 15.6 Å². The van der Waals surface area contributed by atoms with Gasteiger partial charge in [-0.05, 0) is 11.5 Å². The Morgan fingerprint density at radius 3 is 2.67 bits per heavy atom. The quantitative estimate of drug-likeness (QED) is 0.745. The van der Waals surface area contributed by atoms with Crippen molar-refractivity contribution in [1.29, 1.82) is 0 Å². The lowest BCUT2D eigenvalue weighted by Crippen LogP contribution is -2.19. The van der Waals surface area contributed by atoms with Crippen molar-refractivity contribution in [3.63, 3.8) is 0 Å². The summed E-state index contributed by atoms with van der Waals surface area (Å²) in [6, 6.07) is 14.1. The minimum atomic E-state index is -0.502. The predicted molar refractivity (Wildman–Crippen MR) is 80.8 cm³/mol. The van der Waals surface area contributed by atoms with Crippen LogP contribution in [0.5, 0.6) is 0 Å². The highest BCUT2D eigenvalue weighted by atomic mass is 19.1. The molecule has 2 aromatic carbocycles. The Morgan fingerprint density at radius 2 is 1.81 bits per heavy atom. The van der Waals surface area contributed by atoms with Crippen molar-refractivity contribution in [2.75, 3.05) is 10.6 Å². The molecule has 2 N–H and O–H groups in total. The van der Waals surface area contributed by atoms with Crippen LogP contribution in [0.3, 0.4) is 0 Å². The zero-order valence-corrected chi connectivity index (χ0v) is 11.0. The number of halogens is 1. The molecule has 0 aliphatic heterocycles. The number of rotatable bonds is 2. The van der Waals surface area contributed by atoms with Crippen LogP contribution in [0.4, 0.5) is 20.6 Å². The highest BCUT2D eigenvalue weighted by Crippen LogP contribution is 2.23. The Morgan fingerprint density at radius 1 is 1.00 bits per heavy atom. The molecule has 5 heteroatoms. The molecule has 0 fully saturated rings. The van der Waals surface area contributed by atoms with Gasteiger partial charge in [0.15, 0.2) is 0 Å². The fourth-order valence-corrected chi connectivity index (χ4v) is 2.10. The van der Waals surface area contributed by atoms with Crippen molar-refractivity contribution in [3.05, 3.63) is 66.7 Å². The second-order valence-corrected chi connectivity index (χ2v) is 4.50. The van der Waals surface area contributed by atoms with Crippen molar-refractivity contribution in [2.45, 2.75) is 0 Å². The lowest BCUT2D eigenvalue weighted by atomic mass is 10.1. The summed E-state index contributed by atoms with van der Waals surface area (Å²) in [4.78, 5) is 15.6. The Bertz CT molecular complexity index is 799. The molecular weight excluding hydrogens is 269 g/mol. The standard InChI is InChI=1S/C16H12FN3O/c17-12-8-13(10-18-9-12)19-16(21)20-15-7-3-5-11-4-1-2-6-14(11)15/h1-10H,(H2,19,20,21). The molecule has 0 atom stereocenters. The van der Waals surface area contributed by atoms with Crippen LogP contribution in [0, 0.1) is 5.82 Å². The third-order valence-electron chi connectivity index (χ3n) is 3.00. The largest absolute Gasteiger partial charge is 0.323 e. The molecule has 4 nitrogen and oxygen atoms in total. The molecule has 104 valence electrons. The van der Waals surface area contributed by atoms with E-state index in [9.17, 15) is 9.18 Å². The predicted octanol–water partition coefficient (Wildman–Crippen LogP) is 4.02. The molecule has 0 radical (unpaired) electrons. The van der Waals surface area contributed by atoms with Crippen molar-refractivity contribution in [2.24, 2.45) is 0 Å². The molecule has 0 saturated carbocycles. The molecule has 0 bridgehead atoms. The summed E-state index contributed by atoms with van der Waals surface area (Å²) in [6.45, 7) is 0. The van der Waals surface area contributed by atoms with Crippen LogP contribution in [-0.2, 0) is 0 Å². The Balaban J connectivity index is 1.80. The number of pyridine rings is 1. The summed E-state index contributed by atoms with van der Waals surface area (Å²) < 4.78 is 13.0. The van der Waals surface area contributed by atoms with Crippen molar-refractivity contribution in [1.82, 2.24) is 4.98 Å². The number of aromatic nitrogens is 1. The summed E-state index contributed by atoms with van der Waals surface area (Å²) in [5, 5.41) is 7.26. The first-order valence-electron chi connectivity index (χ1n) is 6.39. The van der Waals surface area contributed by atoms with Gasteiger partial charge in [0.05, 0.1) is 23.8 Å². The molecule has 0 aliphatic carbocycles. The molecule has 21 heavy (non-hydrogen) atoms. The molecule has 0 spiro atoms. The van der Waals surface area contributed by atoms with E-state index in [1.165, 1.54) is 12.3 Å². The highest BCUT2D eigenvalue weighted by Gasteiger charge is 2.06. The van der Waals surface area contributed by atoms with Crippen molar-refractivity contribution >= 4 is 28.2 Å². The highest BCUT2D eigenvalue weighted by molar-refractivity contribution is 6.06. The third kappa shape index (κ3) is 2.97. The summed E-state index contributed by atoms with van der Waals surface area (Å²) in [6.07, 6.45) is 2.46. The average molecular weight is 281 g/mol. The number of benzene rings is 2. The fourth-order valence-electron chi connectivity index (χ4n) is 2.10. The van der Waals surface area contributed by atoms with Crippen LogP contribution < -0.4 is 10.6 Å². The maximum atomic E-state index is 13.0. The van der Waals surface area contributed by atoms with E-state index < -0.39 is 11.8 Å². The maximum Gasteiger partial charge on any atom is 0.323 e. The van der Waals surface area contributed by atoms with Gasteiger partial charge in [-0.25, -0.2) is 9.18 Å². The molecular formula is C16H12FN3O. The van der Waals surface area contributed by atoms with Crippen LogP contribution >= 0.6 is 0 Å². The smallest absolute Gasteiger partial charge is 0.307 e. The van der Waals surface area contributed by atoms with Crippen LogP contribution in [0.2, 0.25) is 0 Å². The van der Waals surface area contributed by atoms with Gasteiger partial charge in [0.2, 0.25) is 0 Å². The van der Waals surface area contributed by atoms with Gasteiger partial charge < -0.3 is 10.6 Å². The lowest BCUT2D eigenvalue weighted by molar-refractivity contribution is 0.262. The van der Waals surface area contributed by atoms with E-state index >= 15 is 0 Å². The van der Waals surface area contributed by atoms with Crippen LogP contribution in [0.1, 0.15) is 0 Å². The number of fused-ring (bicyclic) bond motifs is 1. The normalized spacial score (nSPS) is 10.3. The zero-order chi connectivity index (χ0) is 14.7. The summed E-state index contributed by atoms with van der Waals surface area (Å²) in [5.41, 5.74) is 0.989. The number of carbonyl (C=O) groups is 1. The van der Waals surface area contributed by atoms with E-state index in [1.807, 2.05) is 42.5 Å². The minimum Gasteiger partial charge on any atom is -0.307 e.